The number of benzene rings is 2. The van der Waals surface area contributed by atoms with E-state index in [1.54, 1.807) is 0 Å². The molecule has 5 heteroatoms. The van der Waals surface area contributed by atoms with Gasteiger partial charge in [-0.1, -0.05) is 63.2 Å². The summed E-state index contributed by atoms with van der Waals surface area (Å²) < 4.78 is 5.78. The summed E-state index contributed by atoms with van der Waals surface area (Å²) in [5, 5.41) is 2.94. The van der Waals surface area contributed by atoms with Gasteiger partial charge in [-0.25, -0.2) is 0 Å². The van der Waals surface area contributed by atoms with Crippen molar-refractivity contribution in [1.82, 2.24) is 0 Å². The number of ether oxygens (including phenoxy) is 1. The van der Waals surface area contributed by atoms with E-state index in [-0.39, 0.29) is 30.3 Å². The van der Waals surface area contributed by atoms with Gasteiger partial charge in [0, 0.05) is 6.04 Å². The van der Waals surface area contributed by atoms with Gasteiger partial charge in [-0.3, -0.25) is 4.79 Å². The van der Waals surface area contributed by atoms with Crippen molar-refractivity contribution in [3.63, 3.8) is 0 Å². The van der Waals surface area contributed by atoms with E-state index in [2.05, 4.69) is 19.2 Å². The maximum absolute atomic E-state index is 12.6. The predicted molar refractivity (Wildman–Crippen MR) is 105 cm³/mol. The first-order valence-corrected chi connectivity index (χ1v) is 8.32. The third-order valence-corrected chi connectivity index (χ3v) is 3.85. The van der Waals surface area contributed by atoms with Crippen LogP contribution in [0.2, 0.25) is 0 Å². The zero-order valence-electron chi connectivity index (χ0n) is 14.9. The van der Waals surface area contributed by atoms with Gasteiger partial charge >= 0.3 is 0 Å². The van der Waals surface area contributed by atoms with Gasteiger partial charge in [-0.05, 0) is 23.6 Å². The molecule has 2 rings (SSSR count). The van der Waals surface area contributed by atoms with E-state index in [1.807, 2.05) is 61.5 Å². The van der Waals surface area contributed by atoms with Crippen LogP contribution in [0.1, 0.15) is 32.4 Å². The Bertz CT molecular complexity index is 662. The first-order chi connectivity index (χ1) is 11.5. The minimum atomic E-state index is -0.356. The first-order valence-electron chi connectivity index (χ1n) is 8.32. The molecule has 136 valence electrons. The van der Waals surface area contributed by atoms with Gasteiger partial charge in [0.05, 0.1) is 18.2 Å². The zero-order valence-corrected chi connectivity index (χ0v) is 15.8. The molecule has 0 aliphatic rings. The fourth-order valence-electron chi connectivity index (χ4n) is 2.33. The van der Waals surface area contributed by atoms with Crippen LogP contribution >= 0.6 is 12.4 Å². The Labute approximate surface area is 156 Å². The number of rotatable bonds is 7. The minimum Gasteiger partial charge on any atom is -0.491 e. The standard InChI is InChI=1S/C20H26N2O2.ClH/c1-14(2)13-24-18-12-8-7-11-17(18)22-20(23)15(3)19(21)16-9-5-4-6-10-16;/h4-12,14-15,19H,13,21H2,1-3H3,(H,22,23);1H. The summed E-state index contributed by atoms with van der Waals surface area (Å²) in [6.45, 7) is 6.61. The number of hydrogen-bond acceptors (Lipinski definition) is 3. The second-order valence-corrected chi connectivity index (χ2v) is 6.42. The van der Waals surface area contributed by atoms with Gasteiger partial charge in [0.1, 0.15) is 5.75 Å². The highest BCUT2D eigenvalue weighted by Crippen LogP contribution is 2.26. The normalized spacial score (nSPS) is 12.8. The molecule has 0 fully saturated rings. The van der Waals surface area contributed by atoms with E-state index in [1.165, 1.54) is 0 Å². The summed E-state index contributed by atoms with van der Waals surface area (Å²) in [7, 11) is 0. The maximum atomic E-state index is 12.6. The highest BCUT2D eigenvalue weighted by Gasteiger charge is 2.23. The summed E-state index contributed by atoms with van der Waals surface area (Å²) in [5.41, 5.74) is 7.86. The number of carbonyl (C=O) groups excluding carboxylic acids is 1. The molecule has 0 bridgehead atoms. The molecule has 3 N–H and O–H groups in total. The van der Waals surface area contributed by atoms with Crippen LogP contribution in [0, 0.1) is 11.8 Å². The summed E-state index contributed by atoms with van der Waals surface area (Å²) >= 11 is 0. The number of carbonyl (C=O) groups is 1. The van der Waals surface area contributed by atoms with Gasteiger partial charge in [0.15, 0.2) is 0 Å². The smallest absolute Gasteiger partial charge is 0.229 e. The van der Waals surface area contributed by atoms with Crippen LogP contribution in [-0.4, -0.2) is 12.5 Å². The van der Waals surface area contributed by atoms with E-state index in [0.29, 0.717) is 24.0 Å². The largest absolute Gasteiger partial charge is 0.491 e. The van der Waals surface area contributed by atoms with Crippen molar-refractivity contribution in [3.05, 3.63) is 60.2 Å². The van der Waals surface area contributed by atoms with Gasteiger partial charge in [-0.2, -0.15) is 0 Å². The molecule has 4 nitrogen and oxygen atoms in total. The first kappa shape index (κ1) is 21.0. The molecule has 2 unspecified atom stereocenters. The summed E-state index contributed by atoms with van der Waals surface area (Å²) in [5.74, 6) is 0.622. The maximum Gasteiger partial charge on any atom is 0.229 e. The molecule has 2 aromatic carbocycles. The summed E-state index contributed by atoms with van der Waals surface area (Å²) in [6.07, 6.45) is 0. The predicted octanol–water partition coefficient (Wildman–Crippen LogP) is 4.42. The lowest BCUT2D eigenvalue weighted by molar-refractivity contribution is -0.120. The van der Waals surface area contributed by atoms with Crippen LogP contribution in [0.3, 0.4) is 0 Å². The second kappa shape index (κ2) is 10.1. The zero-order chi connectivity index (χ0) is 17.5. The van der Waals surface area contributed by atoms with E-state index in [4.69, 9.17) is 10.5 Å². The Morgan fingerprint density at radius 1 is 1.04 bits per heavy atom. The van der Waals surface area contributed by atoms with Crippen molar-refractivity contribution in [2.24, 2.45) is 17.6 Å². The lowest BCUT2D eigenvalue weighted by Crippen LogP contribution is -2.30. The van der Waals surface area contributed by atoms with E-state index in [0.717, 1.165) is 5.56 Å². The minimum absolute atomic E-state index is 0. The third kappa shape index (κ3) is 6.07. The number of para-hydroxylation sites is 2. The van der Waals surface area contributed by atoms with Gasteiger partial charge < -0.3 is 15.8 Å². The topological polar surface area (TPSA) is 64.3 Å². The third-order valence-electron chi connectivity index (χ3n) is 3.85. The summed E-state index contributed by atoms with van der Waals surface area (Å²) in [4.78, 5) is 12.6. The number of hydrogen-bond donors (Lipinski definition) is 2. The molecule has 0 aliphatic carbocycles. The second-order valence-electron chi connectivity index (χ2n) is 6.42. The van der Waals surface area contributed by atoms with Crippen molar-refractivity contribution in [2.45, 2.75) is 26.8 Å². The van der Waals surface area contributed by atoms with E-state index >= 15 is 0 Å². The molecule has 2 aromatic rings. The number of anilines is 1. The van der Waals surface area contributed by atoms with Crippen LogP contribution in [0.15, 0.2) is 54.6 Å². The molecule has 0 aromatic heterocycles. The van der Waals surface area contributed by atoms with E-state index < -0.39 is 0 Å². The van der Waals surface area contributed by atoms with Crippen LogP contribution in [0.4, 0.5) is 5.69 Å². The van der Waals surface area contributed by atoms with Crippen LogP contribution < -0.4 is 15.8 Å². The molecule has 1 amide bonds. The lowest BCUT2D eigenvalue weighted by atomic mass is 9.94. The fraction of sp³-hybridized carbons (Fsp3) is 0.350. The van der Waals surface area contributed by atoms with Crippen LogP contribution in [-0.2, 0) is 4.79 Å². The quantitative estimate of drug-likeness (QED) is 0.766. The SMILES string of the molecule is CC(C)COc1ccccc1NC(=O)C(C)C(N)c1ccccc1.Cl. The Kier molecular flexibility index (Phi) is 8.46. The molecular weight excluding hydrogens is 336 g/mol. The van der Waals surface area contributed by atoms with Crippen LogP contribution in [0.5, 0.6) is 5.75 Å². The lowest BCUT2D eigenvalue weighted by Gasteiger charge is -2.21. The molecular formula is C20H27ClN2O2. The van der Waals surface area contributed by atoms with Crippen LogP contribution in [0.25, 0.3) is 0 Å². The molecule has 0 saturated carbocycles. The highest BCUT2D eigenvalue weighted by atomic mass is 35.5. The molecule has 0 spiro atoms. The molecule has 0 radical (unpaired) electrons. The van der Waals surface area contributed by atoms with Gasteiger partial charge in [0.2, 0.25) is 5.91 Å². The van der Waals surface area contributed by atoms with E-state index in [9.17, 15) is 4.79 Å². The summed E-state index contributed by atoms with van der Waals surface area (Å²) in [6, 6.07) is 16.8. The van der Waals surface area contributed by atoms with Crippen molar-refractivity contribution in [2.75, 3.05) is 11.9 Å². The Balaban J connectivity index is 0.00000312. The monoisotopic (exact) mass is 362 g/mol. The van der Waals surface area contributed by atoms with Gasteiger partial charge in [-0.15, -0.1) is 12.4 Å². The molecule has 0 aliphatic heterocycles. The number of amides is 1. The Morgan fingerprint density at radius 3 is 2.28 bits per heavy atom. The Hall–Kier alpha value is -2.04. The van der Waals surface area contributed by atoms with Crippen molar-refractivity contribution >= 4 is 24.0 Å². The average Bonchev–Trinajstić information content (AvgIpc) is 2.60. The van der Waals surface area contributed by atoms with Crippen molar-refractivity contribution < 1.29 is 9.53 Å². The van der Waals surface area contributed by atoms with Crippen molar-refractivity contribution in [3.8, 4) is 5.75 Å². The molecule has 2 atom stereocenters. The van der Waals surface area contributed by atoms with Crippen molar-refractivity contribution in [1.29, 1.82) is 0 Å². The highest BCUT2D eigenvalue weighted by molar-refractivity contribution is 5.94. The number of nitrogens with one attached hydrogen (secondary N) is 1. The average molecular weight is 363 g/mol. The van der Waals surface area contributed by atoms with Gasteiger partial charge in [0.25, 0.3) is 0 Å². The number of nitrogens with two attached hydrogens (primary N) is 1. The Morgan fingerprint density at radius 2 is 1.64 bits per heavy atom. The molecule has 25 heavy (non-hydrogen) atoms. The number of halogens is 1. The molecule has 0 saturated heterocycles. The fourth-order valence-corrected chi connectivity index (χ4v) is 2.33. The molecule has 0 heterocycles.